The van der Waals surface area contributed by atoms with Crippen molar-refractivity contribution >= 4 is 17.6 Å². The number of hydrogen-bond acceptors (Lipinski definition) is 3. The van der Waals surface area contributed by atoms with Gasteiger partial charge in [-0.3, -0.25) is 4.98 Å². The lowest BCUT2D eigenvalue weighted by Crippen LogP contribution is -2.01. The second-order valence-electron chi connectivity index (χ2n) is 2.96. The Bertz CT molecular complexity index is 390. The molecule has 1 aromatic rings. The first-order valence-corrected chi connectivity index (χ1v) is 4.64. The van der Waals surface area contributed by atoms with E-state index in [9.17, 15) is 4.79 Å². The van der Waals surface area contributed by atoms with Gasteiger partial charge in [0.1, 0.15) is 12.4 Å². The van der Waals surface area contributed by atoms with Crippen LogP contribution in [-0.2, 0) is 0 Å². The molecule has 1 aromatic heterocycles. The van der Waals surface area contributed by atoms with Crippen molar-refractivity contribution in [1.29, 1.82) is 0 Å². The highest BCUT2D eigenvalue weighted by atomic mass is 35.5. The average Bonchev–Trinajstić information content (AvgIpc) is 2.26. The second-order valence-corrected chi connectivity index (χ2v) is 3.18. The fraction of sp³-hybridized carbons (Fsp3) is 0.200. The summed E-state index contributed by atoms with van der Waals surface area (Å²) >= 11 is 5.45. The van der Waals surface area contributed by atoms with E-state index in [1.807, 2.05) is 6.92 Å². The molecule has 5 heteroatoms. The van der Waals surface area contributed by atoms with Crippen molar-refractivity contribution in [1.82, 2.24) is 4.98 Å². The van der Waals surface area contributed by atoms with Gasteiger partial charge in [-0.2, -0.15) is 0 Å². The SMILES string of the molecule is C/C(=C/Cl)COc1cncc(C(=O)O)c1. The van der Waals surface area contributed by atoms with Gasteiger partial charge in [-0.1, -0.05) is 11.6 Å². The number of pyridine rings is 1. The molecular formula is C10H10ClNO3. The van der Waals surface area contributed by atoms with Gasteiger partial charge in [-0.15, -0.1) is 0 Å². The summed E-state index contributed by atoms with van der Waals surface area (Å²) in [6.45, 7) is 2.12. The van der Waals surface area contributed by atoms with Crippen LogP contribution >= 0.6 is 11.6 Å². The van der Waals surface area contributed by atoms with Gasteiger partial charge < -0.3 is 9.84 Å². The highest BCUT2D eigenvalue weighted by Crippen LogP contribution is 2.12. The Morgan fingerprint density at radius 1 is 1.67 bits per heavy atom. The summed E-state index contributed by atoms with van der Waals surface area (Å²) in [6.07, 6.45) is 2.72. The van der Waals surface area contributed by atoms with Crippen LogP contribution in [0.25, 0.3) is 0 Å². The molecule has 0 aliphatic heterocycles. The monoisotopic (exact) mass is 227 g/mol. The van der Waals surface area contributed by atoms with Gasteiger partial charge in [-0.25, -0.2) is 4.79 Å². The molecule has 0 spiro atoms. The summed E-state index contributed by atoms with van der Waals surface area (Å²) in [5, 5.41) is 8.70. The molecule has 1 N–H and O–H groups in total. The van der Waals surface area contributed by atoms with Crippen LogP contribution < -0.4 is 4.74 Å². The minimum Gasteiger partial charge on any atom is -0.488 e. The Hall–Kier alpha value is -1.55. The van der Waals surface area contributed by atoms with Crippen molar-refractivity contribution in [2.24, 2.45) is 0 Å². The van der Waals surface area contributed by atoms with Gasteiger partial charge >= 0.3 is 5.97 Å². The van der Waals surface area contributed by atoms with Crippen LogP contribution in [0.3, 0.4) is 0 Å². The molecule has 0 bridgehead atoms. The smallest absolute Gasteiger partial charge is 0.337 e. The van der Waals surface area contributed by atoms with E-state index in [2.05, 4.69) is 4.98 Å². The van der Waals surface area contributed by atoms with Gasteiger partial charge in [0.15, 0.2) is 0 Å². The molecule has 1 rings (SSSR count). The Morgan fingerprint density at radius 3 is 3.00 bits per heavy atom. The number of aromatic carboxylic acids is 1. The highest BCUT2D eigenvalue weighted by molar-refractivity contribution is 6.25. The van der Waals surface area contributed by atoms with Gasteiger partial charge in [0, 0.05) is 11.7 Å². The van der Waals surface area contributed by atoms with Crippen LogP contribution in [0.1, 0.15) is 17.3 Å². The molecule has 15 heavy (non-hydrogen) atoms. The van der Waals surface area contributed by atoms with E-state index in [1.165, 1.54) is 24.0 Å². The minimum absolute atomic E-state index is 0.0972. The summed E-state index contributed by atoms with van der Waals surface area (Å²) in [5.74, 6) is -0.620. The summed E-state index contributed by atoms with van der Waals surface area (Å²) in [4.78, 5) is 14.4. The lowest BCUT2D eigenvalue weighted by molar-refractivity contribution is 0.0696. The summed E-state index contributed by atoms with van der Waals surface area (Å²) in [5.41, 5.74) is 2.35. The normalized spacial score (nSPS) is 11.2. The van der Waals surface area contributed by atoms with Crippen LogP contribution in [0.4, 0.5) is 0 Å². The van der Waals surface area contributed by atoms with E-state index in [1.54, 1.807) is 0 Å². The average molecular weight is 228 g/mol. The lowest BCUT2D eigenvalue weighted by Gasteiger charge is -2.05. The van der Waals surface area contributed by atoms with Gasteiger partial charge in [0.2, 0.25) is 0 Å². The molecular weight excluding hydrogens is 218 g/mol. The molecule has 0 unspecified atom stereocenters. The molecule has 0 atom stereocenters. The number of aromatic nitrogens is 1. The first kappa shape index (κ1) is 11.5. The maximum Gasteiger partial charge on any atom is 0.337 e. The minimum atomic E-state index is -1.03. The molecule has 0 aliphatic rings. The van der Waals surface area contributed by atoms with E-state index in [0.29, 0.717) is 12.4 Å². The first-order valence-electron chi connectivity index (χ1n) is 4.20. The Morgan fingerprint density at radius 2 is 2.40 bits per heavy atom. The van der Waals surface area contributed by atoms with Crippen molar-refractivity contribution in [3.05, 3.63) is 35.1 Å². The topological polar surface area (TPSA) is 59.4 Å². The lowest BCUT2D eigenvalue weighted by atomic mass is 10.3. The van der Waals surface area contributed by atoms with Gasteiger partial charge in [0.25, 0.3) is 0 Å². The van der Waals surface area contributed by atoms with Crippen LogP contribution in [0, 0.1) is 0 Å². The van der Waals surface area contributed by atoms with Crippen molar-refractivity contribution < 1.29 is 14.6 Å². The highest BCUT2D eigenvalue weighted by Gasteiger charge is 2.04. The second kappa shape index (κ2) is 5.36. The zero-order valence-corrected chi connectivity index (χ0v) is 8.86. The van der Waals surface area contributed by atoms with Crippen LogP contribution in [0.15, 0.2) is 29.6 Å². The van der Waals surface area contributed by atoms with Crippen molar-refractivity contribution in [2.45, 2.75) is 6.92 Å². The fourth-order valence-electron chi connectivity index (χ4n) is 0.843. The third-order valence-electron chi connectivity index (χ3n) is 1.61. The first-order chi connectivity index (χ1) is 7.13. The molecule has 1 heterocycles. The van der Waals surface area contributed by atoms with Crippen molar-refractivity contribution in [3.8, 4) is 5.75 Å². The van der Waals surface area contributed by atoms with Crippen LogP contribution in [0.5, 0.6) is 5.75 Å². The van der Waals surface area contributed by atoms with E-state index >= 15 is 0 Å². The standard InChI is InChI=1S/C10H10ClNO3/c1-7(3-11)6-15-9-2-8(10(13)14)4-12-5-9/h2-5H,6H2,1H3,(H,13,14)/b7-3-. The Balaban J connectivity index is 2.70. The van der Waals surface area contributed by atoms with Gasteiger partial charge in [0.05, 0.1) is 11.8 Å². The third-order valence-corrected chi connectivity index (χ3v) is 1.99. The van der Waals surface area contributed by atoms with Crippen molar-refractivity contribution in [3.63, 3.8) is 0 Å². The predicted octanol–water partition coefficient (Wildman–Crippen LogP) is 2.30. The maximum atomic E-state index is 10.6. The third kappa shape index (κ3) is 3.59. The molecule has 0 amide bonds. The molecule has 0 aliphatic carbocycles. The quantitative estimate of drug-likeness (QED) is 0.858. The van der Waals surface area contributed by atoms with E-state index in [4.69, 9.17) is 21.4 Å². The number of carbonyl (C=O) groups is 1. The van der Waals surface area contributed by atoms with Crippen molar-refractivity contribution in [2.75, 3.05) is 6.61 Å². The van der Waals surface area contributed by atoms with Gasteiger partial charge in [-0.05, 0) is 18.6 Å². The van der Waals surface area contributed by atoms with Crippen LogP contribution in [-0.4, -0.2) is 22.7 Å². The molecule has 0 fully saturated rings. The summed E-state index contributed by atoms with van der Waals surface area (Å²) < 4.78 is 5.27. The largest absolute Gasteiger partial charge is 0.488 e. The van der Waals surface area contributed by atoms with E-state index < -0.39 is 5.97 Å². The Kier molecular flexibility index (Phi) is 4.12. The zero-order chi connectivity index (χ0) is 11.3. The fourth-order valence-corrected chi connectivity index (χ4v) is 0.906. The zero-order valence-electron chi connectivity index (χ0n) is 8.11. The summed E-state index contributed by atoms with van der Waals surface area (Å²) in [6, 6.07) is 1.41. The maximum absolute atomic E-state index is 10.6. The molecule has 0 radical (unpaired) electrons. The number of carboxylic acid groups (broad SMARTS) is 1. The predicted molar refractivity (Wildman–Crippen MR) is 56.3 cm³/mol. The molecule has 0 saturated heterocycles. The van der Waals surface area contributed by atoms with Crippen LogP contribution in [0.2, 0.25) is 0 Å². The number of halogens is 1. The summed E-state index contributed by atoms with van der Waals surface area (Å²) in [7, 11) is 0. The number of hydrogen-bond donors (Lipinski definition) is 1. The molecule has 4 nitrogen and oxygen atoms in total. The molecule has 0 saturated carbocycles. The molecule has 80 valence electrons. The molecule has 0 aromatic carbocycles. The van der Waals surface area contributed by atoms with E-state index in [0.717, 1.165) is 5.57 Å². The Labute approximate surface area is 92.2 Å². The number of nitrogens with zero attached hydrogens (tertiary/aromatic N) is 1. The number of carboxylic acids is 1. The number of rotatable bonds is 4. The number of ether oxygens (including phenoxy) is 1. The van der Waals surface area contributed by atoms with E-state index in [-0.39, 0.29) is 5.56 Å².